The second kappa shape index (κ2) is 8.85. The van der Waals surface area contributed by atoms with Gasteiger partial charge in [0.2, 0.25) is 5.95 Å². The number of fused-ring (bicyclic) bond motifs is 1. The molecule has 0 aliphatic heterocycles. The van der Waals surface area contributed by atoms with Crippen molar-refractivity contribution in [1.29, 1.82) is 0 Å². The summed E-state index contributed by atoms with van der Waals surface area (Å²) in [5.41, 5.74) is 6.36. The summed E-state index contributed by atoms with van der Waals surface area (Å²) in [6.45, 7) is 13.5. The van der Waals surface area contributed by atoms with E-state index >= 15 is 0 Å². The lowest BCUT2D eigenvalue weighted by Gasteiger charge is -2.40. The molecule has 1 saturated carbocycles. The van der Waals surface area contributed by atoms with Gasteiger partial charge in [-0.25, -0.2) is 4.98 Å². The number of hydrogen-bond acceptors (Lipinski definition) is 3. The smallest absolute Gasteiger partial charge is 0.307 e. The van der Waals surface area contributed by atoms with Crippen molar-refractivity contribution in [3.63, 3.8) is 0 Å². The van der Waals surface area contributed by atoms with Crippen LogP contribution in [0.5, 0.6) is 0 Å². The number of aryl methyl sites for hydroxylation is 1. The Hall–Kier alpha value is -2.82. The highest BCUT2D eigenvalue weighted by molar-refractivity contribution is 5.83. The fraction of sp³-hybridized carbons (Fsp3) is 0.500. The standard InChI is InChI=1S/C28H37N3O2/c1-17(2)20-7-9-22(10-8-20)29-27-30-24-13-21(14-26(32)33)19(4)12-25(24)31(27)23-11-18(3)15-28(5,6)16-23/h7-10,12-13,17-18,23H,11,14-16H2,1-6H3,(H,29,30)(H,32,33)/t18-,23+/m1/s1. The van der Waals surface area contributed by atoms with Crippen molar-refractivity contribution < 1.29 is 9.90 Å². The molecule has 0 spiro atoms. The summed E-state index contributed by atoms with van der Waals surface area (Å²) in [6.07, 6.45) is 3.46. The van der Waals surface area contributed by atoms with E-state index in [2.05, 4.69) is 74.8 Å². The number of hydrogen-bond donors (Lipinski definition) is 2. The van der Waals surface area contributed by atoms with E-state index in [1.165, 1.54) is 12.0 Å². The van der Waals surface area contributed by atoms with E-state index < -0.39 is 5.97 Å². The van der Waals surface area contributed by atoms with Gasteiger partial charge in [-0.3, -0.25) is 4.79 Å². The van der Waals surface area contributed by atoms with Crippen LogP contribution in [0.25, 0.3) is 11.0 Å². The molecule has 2 N–H and O–H groups in total. The van der Waals surface area contributed by atoms with Gasteiger partial charge < -0.3 is 15.0 Å². The average Bonchev–Trinajstić information content (AvgIpc) is 3.03. The summed E-state index contributed by atoms with van der Waals surface area (Å²) >= 11 is 0. The van der Waals surface area contributed by atoms with E-state index in [4.69, 9.17) is 4.98 Å². The highest BCUT2D eigenvalue weighted by Crippen LogP contribution is 2.46. The molecule has 1 fully saturated rings. The molecular weight excluding hydrogens is 410 g/mol. The van der Waals surface area contributed by atoms with Gasteiger partial charge in [0.15, 0.2) is 0 Å². The van der Waals surface area contributed by atoms with E-state index in [9.17, 15) is 9.90 Å². The minimum Gasteiger partial charge on any atom is -0.481 e. The van der Waals surface area contributed by atoms with Gasteiger partial charge in [-0.05, 0) is 84.4 Å². The topological polar surface area (TPSA) is 67.2 Å². The molecule has 0 saturated heterocycles. The molecule has 0 radical (unpaired) electrons. The van der Waals surface area contributed by atoms with Gasteiger partial charge in [0.1, 0.15) is 0 Å². The number of carboxylic acid groups (broad SMARTS) is 1. The fourth-order valence-corrected chi connectivity index (χ4v) is 5.67. The summed E-state index contributed by atoms with van der Waals surface area (Å²) < 4.78 is 2.38. The maximum absolute atomic E-state index is 11.4. The van der Waals surface area contributed by atoms with E-state index in [0.717, 1.165) is 46.6 Å². The first-order chi connectivity index (χ1) is 15.5. The van der Waals surface area contributed by atoms with Crippen molar-refractivity contribution >= 4 is 28.6 Å². The van der Waals surface area contributed by atoms with Crippen molar-refractivity contribution in [2.45, 2.75) is 79.2 Å². The Bertz CT molecular complexity index is 1160. The largest absolute Gasteiger partial charge is 0.481 e. The minimum absolute atomic E-state index is 0.0154. The van der Waals surface area contributed by atoms with Crippen molar-refractivity contribution in [3.05, 3.63) is 53.1 Å². The molecule has 1 heterocycles. The van der Waals surface area contributed by atoms with Crippen LogP contribution in [0.15, 0.2) is 36.4 Å². The number of anilines is 2. The molecule has 5 nitrogen and oxygen atoms in total. The number of nitrogens with zero attached hydrogens (tertiary/aromatic N) is 2. The summed E-state index contributed by atoms with van der Waals surface area (Å²) in [5, 5.41) is 12.9. The Morgan fingerprint density at radius 3 is 2.52 bits per heavy atom. The number of aromatic nitrogens is 2. The number of imidazole rings is 1. The second-order valence-electron chi connectivity index (χ2n) is 11.1. The maximum Gasteiger partial charge on any atom is 0.307 e. The third kappa shape index (κ3) is 5.07. The predicted molar refractivity (Wildman–Crippen MR) is 135 cm³/mol. The normalized spacial score (nSPS) is 20.3. The van der Waals surface area contributed by atoms with Crippen LogP contribution in [0.3, 0.4) is 0 Å². The lowest BCUT2D eigenvalue weighted by Crippen LogP contribution is -2.29. The molecular formula is C28H37N3O2. The van der Waals surface area contributed by atoms with E-state index in [-0.39, 0.29) is 11.8 Å². The van der Waals surface area contributed by atoms with Crippen molar-refractivity contribution in [1.82, 2.24) is 9.55 Å². The Kier molecular flexibility index (Phi) is 6.26. The summed E-state index contributed by atoms with van der Waals surface area (Å²) in [7, 11) is 0. The Labute approximate surface area is 197 Å². The Balaban J connectivity index is 1.81. The lowest BCUT2D eigenvalue weighted by molar-refractivity contribution is -0.136. The number of rotatable bonds is 6. The zero-order valence-electron chi connectivity index (χ0n) is 20.8. The number of aliphatic carboxylic acids is 1. The van der Waals surface area contributed by atoms with Crippen LogP contribution in [0, 0.1) is 18.3 Å². The zero-order valence-corrected chi connectivity index (χ0v) is 20.8. The predicted octanol–water partition coefficient (Wildman–Crippen LogP) is 7.23. The first-order valence-corrected chi connectivity index (χ1v) is 12.1. The van der Waals surface area contributed by atoms with Crippen LogP contribution in [0.2, 0.25) is 0 Å². The van der Waals surface area contributed by atoms with Crippen LogP contribution in [-0.2, 0) is 11.2 Å². The first-order valence-electron chi connectivity index (χ1n) is 12.1. The fourth-order valence-electron chi connectivity index (χ4n) is 5.67. The third-order valence-corrected chi connectivity index (χ3v) is 7.05. The lowest BCUT2D eigenvalue weighted by atomic mass is 9.70. The molecule has 2 atom stereocenters. The SMILES string of the molecule is Cc1cc2c(cc1CC(=O)O)nc(Nc1ccc(C(C)C)cc1)n2[C@H]1C[C@@H](C)CC(C)(C)C1. The van der Waals surface area contributed by atoms with Crippen molar-refractivity contribution in [3.8, 4) is 0 Å². The van der Waals surface area contributed by atoms with Gasteiger partial charge in [-0.1, -0.05) is 46.8 Å². The highest BCUT2D eigenvalue weighted by Gasteiger charge is 2.34. The van der Waals surface area contributed by atoms with Gasteiger partial charge in [0, 0.05) is 11.7 Å². The molecule has 2 aromatic carbocycles. The molecule has 33 heavy (non-hydrogen) atoms. The van der Waals surface area contributed by atoms with Crippen molar-refractivity contribution in [2.75, 3.05) is 5.32 Å². The summed E-state index contributed by atoms with van der Waals surface area (Å²) in [6, 6.07) is 13.0. The molecule has 0 unspecified atom stereocenters. The number of carboxylic acids is 1. The second-order valence-corrected chi connectivity index (χ2v) is 11.1. The molecule has 5 heteroatoms. The van der Waals surface area contributed by atoms with Gasteiger partial charge >= 0.3 is 5.97 Å². The minimum atomic E-state index is -0.816. The molecule has 0 bridgehead atoms. The summed E-state index contributed by atoms with van der Waals surface area (Å²) in [5.74, 6) is 1.15. The molecule has 1 aliphatic carbocycles. The van der Waals surface area contributed by atoms with Crippen LogP contribution < -0.4 is 5.32 Å². The third-order valence-electron chi connectivity index (χ3n) is 7.05. The molecule has 0 amide bonds. The van der Waals surface area contributed by atoms with Gasteiger partial charge in [0.25, 0.3) is 0 Å². The van der Waals surface area contributed by atoms with Gasteiger partial charge in [0.05, 0.1) is 17.5 Å². The van der Waals surface area contributed by atoms with Gasteiger partial charge in [-0.2, -0.15) is 0 Å². The average molecular weight is 448 g/mol. The van der Waals surface area contributed by atoms with Crippen LogP contribution >= 0.6 is 0 Å². The van der Waals surface area contributed by atoms with Crippen molar-refractivity contribution in [2.24, 2.45) is 11.3 Å². The Morgan fingerprint density at radius 1 is 1.21 bits per heavy atom. The zero-order chi connectivity index (χ0) is 23.9. The van der Waals surface area contributed by atoms with Crippen LogP contribution in [0.4, 0.5) is 11.6 Å². The quantitative estimate of drug-likeness (QED) is 0.418. The highest BCUT2D eigenvalue weighted by atomic mass is 16.4. The Morgan fingerprint density at radius 2 is 1.91 bits per heavy atom. The summed E-state index contributed by atoms with van der Waals surface area (Å²) in [4.78, 5) is 16.3. The number of carbonyl (C=O) groups is 1. The molecule has 4 rings (SSSR count). The molecule has 176 valence electrons. The molecule has 1 aromatic heterocycles. The maximum atomic E-state index is 11.4. The van der Waals surface area contributed by atoms with Crippen LogP contribution in [0.1, 0.15) is 82.5 Å². The van der Waals surface area contributed by atoms with Gasteiger partial charge in [-0.15, -0.1) is 0 Å². The number of benzene rings is 2. The molecule has 3 aromatic rings. The van der Waals surface area contributed by atoms with E-state index in [1.54, 1.807) is 0 Å². The molecule has 1 aliphatic rings. The number of nitrogens with one attached hydrogen (secondary N) is 1. The monoisotopic (exact) mass is 447 g/mol. The van der Waals surface area contributed by atoms with Crippen LogP contribution in [-0.4, -0.2) is 20.6 Å². The van der Waals surface area contributed by atoms with E-state index in [0.29, 0.717) is 17.9 Å². The first kappa shape index (κ1) is 23.3. The van der Waals surface area contributed by atoms with E-state index in [1.807, 2.05) is 13.0 Å².